The Hall–Kier alpha value is -3.02. The molecule has 0 aliphatic carbocycles. The number of hydrogen-bond acceptors (Lipinski definition) is 5. The molecule has 2 aromatic carbocycles. The second kappa shape index (κ2) is 8.01. The number of carbonyl (C=O) groups is 1. The van der Waals surface area contributed by atoms with Crippen LogP contribution in [0.4, 0.5) is 5.69 Å². The van der Waals surface area contributed by atoms with Crippen molar-refractivity contribution in [3.8, 4) is 11.5 Å². The summed E-state index contributed by atoms with van der Waals surface area (Å²) in [6, 6.07) is 12.2. The number of anilines is 1. The van der Waals surface area contributed by atoms with E-state index >= 15 is 0 Å². The molecule has 0 aliphatic heterocycles. The van der Waals surface area contributed by atoms with Gasteiger partial charge in [-0.3, -0.25) is 4.79 Å². The van der Waals surface area contributed by atoms with Crippen molar-refractivity contribution in [3.63, 3.8) is 0 Å². The highest BCUT2D eigenvalue weighted by molar-refractivity contribution is 5.86. The Kier molecular flexibility index (Phi) is 5.78. The number of nitrogens with one attached hydrogen (secondary N) is 2. The van der Waals surface area contributed by atoms with E-state index in [9.17, 15) is 9.90 Å². The van der Waals surface area contributed by atoms with Crippen LogP contribution in [0, 0.1) is 6.92 Å². The fourth-order valence-corrected chi connectivity index (χ4v) is 2.09. The third-order valence-corrected chi connectivity index (χ3v) is 3.39. The molecule has 126 valence electrons. The van der Waals surface area contributed by atoms with Crippen LogP contribution in [-0.2, 0) is 4.79 Å². The van der Waals surface area contributed by atoms with Gasteiger partial charge in [-0.05, 0) is 55.3 Å². The van der Waals surface area contributed by atoms with Crippen molar-refractivity contribution in [2.75, 3.05) is 12.4 Å². The van der Waals surface area contributed by atoms with Crippen LogP contribution in [0.3, 0.4) is 0 Å². The van der Waals surface area contributed by atoms with Gasteiger partial charge in [0.1, 0.15) is 6.04 Å². The van der Waals surface area contributed by atoms with Crippen molar-refractivity contribution in [1.82, 2.24) is 5.43 Å². The molecule has 1 amide bonds. The van der Waals surface area contributed by atoms with Gasteiger partial charge in [-0.1, -0.05) is 12.1 Å². The Morgan fingerprint density at radius 2 is 2.08 bits per heavy atom. The molecule has 6 nitrogen and oxygen atoms in total. The van der Waals surface area contributed by atoms with Crippen LogP contribution in [0.2, 0.25) is 0 Å². The summed E-state index contributed by atoms with van der Waals surface area (Å²) in [6.45, 7) is 3.75. The lowest BCUT2D eigenvalue weighted by atomic mass is 10.2. The molecule has 1 atom stereocenters. The SMILES string of the molecule is COc1cc(/C=N\NC(=O)[C@@H](C)Nc2cccc(C)c2)ccc1O. The normalized spacial score (nSPS) is 12.0. The van der Waals surface area contributed by atoms with E-state index in [1.807, 2.05) is 31.2 Å². The van der Waals surface area contributed by atoms with Gasteiger partial charge in [0, 0.05) is 5.69 Å². The molecule has 0 fully saturated rings. The minimum atomic E-state index is -0.432. The molecule has 24 heavy (non-hydrogen) atoms. The molecule has 0 saturated heterocycles. The summed E-state index contributed by atoms with van der Waals surface area (Å²) in [5.74, 6) is 0.146. The van der Waals surface area contributed by atoms with Gasteiger partial charge >= 0.3 is 0 Å². The first kappa shape index (κ1) is 17.3. The van der Waals surface area contributed by atoms with Crippen molar-refractivity contribution in [3.05, 3.63) is 53.6 Å². The summed E-state index contributed by atoms with van der Waals surface area (Å²) in [5, 5.41) is 16.6. The Morgan fingerprint density at radius 3 is 2.79 bits per heavy atom. The number of amides is 1. The molecular formula is C18H21N3O3. The van der Waals surface area contributed by atoms with Gasteiger partial charge in [0.15, 0.2) is 11.5 Å². The Balaban J connectivity index is 1.92. The summed E-state index contributed by atoms with van der Waals surface area (Å²) in [4.78, 5) is 12.0. The van der Waals surface area contributed by atoms with E-state index in [1.54, 1.807) is 19.1 Å². The van der Waals surface area contributed by atoms with Crippen LogP contribution in [-0.4, -0.2) is 30.4 Å². The number of aryl methyl sites for hydroxylation is 1. The topological polar surface area (TPSA) is 83.0 Å². The van der Waals surface area contributed by atoms with Crippen molar-refractivity contribution in [2.45, 2.75) is 19.9 Å². The fraction of sp³-hybridized carbons (Fsp3) is 0.222. The molecule has 0 spiro atoms. The number of aromatic hydroxyl groups is 1. The molecule has 0 heterocycles. The van der Waals surface area contributed by atoms with Crippen LogP contribution in [0.5, 0.6) is 11.5 Å². The monoisotopic (exact) mass is 327 g/mol. The largest absolute Gasteiger partial charge is 0.504 e. The Morgan fingerprint density at radius 1 is 1.29 bits per heavy atom. The van der Waals surface area contributed by atoms with Gasteiger partial charge in [-0.25, -0.2) is 5.43 Å². The van der Waals surface area contributed by atoms with Crippen LogP contribution in [0.15, 0.2) is 47.6 Å². The highest BCUT2D eigenvalue weighted by Gasteiger charge is 2.11. The van der Waals surface area contributed by atoms with Crippen LogP contribution < -0.4 is 15.5 Å². The van der Waals surface area contributed by atoms with E-state index in [0.717, 1.165) is 11.3 Å². The van der Waals surface area contributed by atoms with E-state index in [2.05, 4.69) is 15.8 Å². The summed E-state index contributed by atoms with van der Waals surface area (Å²) in [7, 11) is 1.47. The standard InChI is InChI=1S/C18H21N3O3/c1-12-5-4-6-15(9-12)20-13(2)18(23)21-19-11-14-7-8-16(22)17(10-14)24-3/h4-11,13,20,22H,1-3H3,(H,21,23)/b19-11-/t13-/m1/s1. The van der Waals surface area contributed by atoms with Gasteiger partial charge in [-0.15, -0.1) is 0 Å². The van der Waals surface area contributed by atoms with E-state index in [1.165, 1.54) is 19.4 Å². The van der Waals surface area contributed by atoms with Gasteiger partial charge < -0.3 is 15.2 Å². The molecule has 0 bridgehead atoms. The predicted octanol–water partition coefficient (Wildman–Crippen LogP) is 2.66. The number of rotatable bonds is 6. The second-order valence-corrected chi connectivity index (χ2v) is 5.40. The van der Waals surface area contributed by atoms with Crippen LogP contribution in [0.1, 0.15) is 18.1 Å². The number of hydrogen-bond donors (Lipinski definition) is 3. The first-order valence-electron chi connectivity index (χ1n) is 7.52. The third-order valence-electron chi connectivity index (χ3n) is 3.39. The predicted molar refractivity (Wildman–Crippen MR) is 94.7 cm³/mol. The summed E-state index contributed by atoms with van der Waals surface area (Å²) >= 11 is 0. The zero-order valence-corrected chi connectivity index (χ0v) is 13.9. The van der Waals surface area contributed by atoms with E-state index < -0.39 is 6.04 Å². The lowest BCUT2D eigenvalue weighted by Crippen LogP contribution is -2.34. The molecule has 6 heteroatoms. The first-order valence-corrected chi connectivity index (χ1v) is 7.52. The highest BCUT2D eigenvalue weighted by Crippen LogP contribution is 2.25. The van der Waals surface area contributed by atoms with Crippen molar-refractivity contribution in [1.29, 1.82) is 0 Å². The van der Waals surface area contributed by atoms with E-state index in [-0.39, 0.29) is 11.7 Å². The maximum atomic E-state index is 12.0. The molecule has 3 N–H and O–H groups in total. The molecule has 0 aliphatic rings. The lowest BCUT2D eigenvalue weighted by Gasteiger charge is -2.13. The molecular weight excluding hydrogens is 306 g/mol. The fourth-order valence-electron chi connectivity index (χ4n) is 2.09. The van der Waals surface area contributed by atoms with Crippen LogP contribution >= 0.6 is 0 Å². The quantitative estimate of drug-likeness (QED) is 0.563. The molecule has 2 rings (SSSR count). The molecule has 0 aromatic heterocycles. The first-order chi connectivity index (χ1) is 11.5. The van der Waals surface area contributed by atoms with Crippen molar-refractivity contribution in [2.24, 2.45) is 5.10 Å². The molecule has 0 radical (unpaired) electrons. The number of carbonyl (C=O) groups excluding carboxylic acids is 1. The maximum Gasteiger partial charge on any atom is 0.262 e. The summed E-state index contributed by atoms with van der Waals surface area (Å²) < 4.78 is 5.02. The van der Waals surface area contributed by atoms with Gasteiger partial charge in [0.2, 0.25) is 0 Å². The molecule has 2 aromatic rings. The number of hydrazone groups is 1. The number of phenolic OH excluding ortho intramolecular Hbond substituents is 1. The maximum absolute atomic E-state index is 12.0. The van der Waals surface area contributed by atoms with Gasteiger partial charge in [-0.2, -0.15) is 5.10 Å². The zero-order valence-electron chi connectivity index (χ0n) is 13.9. The van der Waals surface area contributed by atoms with Gasteiger partial charge in [0.25, 0.3) is 5.91 Å². The smallest absolute Gasteiger partial charge is 0.262 e. The van der Waals surface area contributed by atoms with Gasteiger partial charge in [0.05, 0.1) is 13.3 Å². The minimum Gasteiger partial charge on any atom is -0.504 e. The van der Waals surface area contributed by atoms with E-state index in [0.29, 0.717) is 11.3 Å². The third kappa shape index (κ3) is 4.74. The average Bonchev–Trinajstić information content (AvgIpc) is 2.56. The lowest BCUT2D eigenvalue weighted by molar-refractivity contribution is -0.121. The minimum absolute atomic E-state index is 0.0506. The Bertz CT molecular complexity index is 744. The number of methoxy groups -OCH3 is 1. The molecule has 0 unspecified atom stereocenters. The second-order valence-electron chi connectivity index (χ2n) is 5.40. The summed E-state index contributed by atoms with van der Waals surface area (Å²) in [6.07, 6.45) is 1.49. The number of benzene rings is 2. The summed E-state index contributed by atoms with van der Waals surface area (Å²) in [5.41, 5.74) is 5.18. The van der Waals surface area contributed by atoms with Crippen LogP contribution in [0.25, 0.3) is 0 Å². The van der Waals surface area contributed by atoms with Crippen molar-refractivity contribution < 1.29 is 14.6 Å². The zero-order chi connectivity index (χ0) is 17.5. The number of ether oxygens (including phenoxy) is 1. The number of nitrogens with zero attached hydrogens (tertiary/aromatic N) is 1. The molecule has 0 saturated carbocycles. The Labute approximate surface area is 141 Å². The number of phenols is 1. The highest BCUT2D eigenvalue weighted by atomic mass is 16.5. The van der Waals surface area contributed by atoms with Crippen molar-refractivity contribution >= 4 is 17.8 Å². The van der Waals surface area contributed by atoms with E-state index in [4.69, 9.17) is 4.74 Å². The average molecular weight is 327 g/mol.